The minimum Gasteiger partial charge on any atom is -0.474 e. The van der Waals surface area contributed by atoms with E-state index in [1.54, 1.807) is 6.20 Å². The Kier molecular flexibility index (Phi) is 4.19. The van der Waals surface area contributed by atoms with Gasteiger partial charge < -0.3 is 15.2 Å². The van der Waals surface area contributed by atoms with Crippen molar-refractivity contribution in [3.8, 4) is 5.88 Å². The van der Waals surface area contributed by atoms with Gasteiger partial charge in [-0.25, -0.2) is 4.98 Å². The number of hydrogen-bond acceptors (Lipinski definition) is 4. The highest BCUT2D eigenvalue weighted by Crippen LogP contribution is 2.24. The lowest BCUT2D eigenvalue weighted by molar-refractivity contribution is -0.0729. The summed E-state index contributed by atoms with van der Waals surface area (Å²) in [6.45, 7) is 6.12. The zero-order valence-corrected chi connectivity index (χ0v) is 11.3. The number of nitrogens with zero attached hydrogens (tertiary/aromatic N) is 1. The number of hydrogen-bond donors (Lipinski definition) is 1. The van der Waals surface area contributed by atoms with Gasteiger partial charge in [0.05, 0.1) is 12.2 Å². The Hall–Kier alpha value is -1.13. The Morgan fingerprint density at radius 2 is 2.06 bits per heavy atom. The van der Waals surface area contributed by atoms with E-state index in [1.165, 1.54) is 0 Å². The lowest BCUT2D eigenvalue weighted by Crippen LogP contribution is -2.35. The lowest BCUT2D eigenvalue weighted by Gasteiger charge is -2.32. The van der Waals surface area contributed by atoms with Gasteiger partial charge in [-0.1, -0.05) is 0 Å². The second kappa shape index (κ2) is 5.67. The average molecular weight is 250 g/mol. The minimum atomic E-state index is 0.00267. The van der Waals surface area contributed by atoms with E-state index in [1.807, 2.05) is 19.1 Å². The standard InChI is InChI=1S/C14H22N2O2/c1-9-6-13(7-10(2)17-9)18-14-8-12(11(3)15)4-5-16-14/h4-5,8-11,13H,6-7,15H2,1-3H3/t9?,10?,11-,13?/m1/s1. The van der Waals surface area contributed by atoms with Crippen LogP contribution in [0.2, 0.25) is 0 Å². The number of rotatable bonds is 3. The monoisotopic (exact) mass is 250 g/mol. The van der Waals surface area contributed by atoms with Crippen molar-refractivity contribution >= 4 is 0 Å². The quantitative estimate of drug-likeness (QED) is 0.895. The van der Waals surface area contributed by atoms with Gasteiger partial charge in [0.25, 0.3) is 0 Å². The van der Waals surface area contributed by atoms with Crippen LogP contribution >= 0.6 is 0 Å². The van der Waals surface area contributed by atoms with Gasteiger partial charge in [0, 0.05) is 31.1 Å². The van der Waals surface area contributed by atoms with Crippen LogP contribution in [0.25, 0.3) is 0 Å². The van der Waals surface area contributed by atoms with Crippen LogP contribution in [-0.4, -0.2) is 23.3 Å². The van der Waals surface area contributed by atoms with Crippen LogP contribution in [0.5, 0.6) is 5.88 Å². The molecule has 2 N–H and O–H groups in total. The average Bonchev–Trinajstić information content (AvgIpc) is 2.27. The van der Waals surface area contributed by atoms with Gasteiger partial charge in [0.1, 0.15) is 6.10 Å². The van der Waals surface area contributed by atoms with Crippen LogP contribution in [0.1, 0.15) is 45.2 Å². The molecule has 2 heterocycles. The molecule has 0 bridgehead atoms. The molecule has 0 aliphatic carbocycles. The lowest BCUT2D eigenvalue weighted by atomic mass is 10.0. The Balaban J connectivity index is 2.02. The highest BCUT2D eigenvalue weighted by molar-refractivity contribution is 5.23. The van der Waals surface area contributed by atoms with E-state index in [9.17, 15) is 0 Å². The van der Waals surface area contributed by atoms with E-state index in [-0.39, 0.29) is 24.4 Å². The molecule has 1 aliphatic rings. The van der Waals surface area contributed by atoms with Crippen molar-refractivity contribution in [3.05, 3.63) is 23.9 Å². The van der Waals surface area contributed by atoms with Gasteiger partial charge in [0.15, 0.2) is 0 Å². The molecule has 2 unspecified atom stereocenters. The highest BCUT2D eigenvalue weighted by Gasteiger charge is 2.26. The van der Waals surface area contributed by atoms with Crippen LogP contribution in [0, 0.1) is 0 Å². The molecule has 4 heteroatoms. The summed E-state index contributed by atoms with van der Waals surface area (Å²) in [5.41, 5.74) is 6.91. The summed E-state index contributed by atoms with van der Waals surface area (Å²) in [4.78, 5) is 4.25. The van der Waals surface area contributed by atoms with Gasteiger partial charge in [-0.05, 0) is 32.4 Å². The van der Waals surface area contributed by atoms with Crippen LogP contribution in [0.15, 0.2) is 18.3 Å². The fourth-order valence-electron chi connectivity index (χ4n) is 2.38. The molecule has 0 radical (unpaired) electrons. The summed E-state index contributed by atoms with van der Waals surface area (Å²) < 4.78 is 11.6. The summed E-state index contributed by atoms with van der Waals surface area (Å²) in [7, 11) is 0. The molecule has 3 atom stereocenters. The maximum atomic E-state index is 5.94. The topological polar surface area (TPSA) is 57.4 Å². The van der Waals surface area contributed by atoms with Crippen LogP contribution in [0.3, 0.4) is 0 Å². The van der Waals surface area contributed by atoms with Crippen molar-refractivity contribution in [2.45, 2.75) is 58.0 Å². The smallest absolute Gasteiger partial charge is 0.213 e. The van der Waals surface area contributed by atoms with Gasteiger partial charge in [0.2, 0.25) is 5.88 Å². The first kappa shape index (κ1) is 13.3. The first-order valence-electron chi connectivity index (χ1n) is 6.58. The second-order valence-electron chi connectivity index (χ2n) is 5.18. The van der Waals surface area contributed by atoms with E-state index < -0.39 is 0 Å². The number of nitrogens with two attached hydrogens (primary N) is 1. The minimum absolute atomic E-state index is 0.00267. The second-order valence-corrected chi connectivity index (χ2v) is 5.18. The van der Waals surface area contributed by atoms with Crippen molar-refractivity contribution in [1.29, 1.82) is 0 Å². The normalized spacial score (nSPS) is 29.9. The Morgan fingerprint density at radius 1 is 1.39 bits per heavy atom. The van der Waals surface area contributed by atoms with Crippen molar-refractivity contribution < 1.29 is 9.47 Å². The summed E-state index contributed by atoms with van der Waals surface area (Å²) in [5.74, 6) is 0.663. The zero-order chi connectivity index (χ0) is 13.1. The van der Waals surface area contributed by atoms with Crippen molar-refractivity contribution in [2.75, 3.05) is 0 Å². The molecule has 0 saturated carbocycles. The van der Waals surface area contributed by atoms with Crippen molar-refractivity contribution in [2.24, 2.45) is 5.73 Å². The molecule has 1 fully saturated rings. The number of ether oxygens (including phenoxy) is 2. The largest absolute Gasteiger partial charge is 0.474 e. The molecule has 1 aromatic heterocycles. The third-order valence-electron chi connectivity index (χ3n) is 3.23. The molecule has 1 aliphatic heterocycles. The van der Waals surface area contributed by atoms with E-state index >= 15 is 0 Å². The maximum Gasteiger partial charge on any atom is 0.213 e. The summed E-state index contributed by atoms with van der Waals surface area (Å²) >= 11 is 0. The van der Waals surface area contributed by atoms with E-state index in [0.717, 1.165) is 18.4 Å². The van der Waals surface area contributed by atoms with Crippen LogP contribution < -0.4 is 10.5 Å². The number of aromatic nitrogens is 1. The van der Waals surface area contributed by atoms with Crippen LogP contribution in [0.4, 0.5) is 0 Å². The molecule has 2 rings (SSSR count). The predicted octanol–water partition coefficient (Wildman–Crippen LogP) is 2.44. The van der Waals surface area contributed by atoms with Crippen molar-refractivity contribution in [1.82, 2.24) is 4.98 Å². The van der Waals surface area contributed by atoms with E-state index in [0.29, 0.717) is 5.88 Å². The summed E-state index contributed by atoms with van der Waals surface area (Å²) in [6, 6.07) is 3.85. The molecule has 100 valence electrons. The number of pyridine rings is 1. The maximum absolute atomic E-state index is 5.94. The van der Waals surface area contributed by atoms with Gasteiger partial charge in [-0.15, -0.1) is 0 Å². The fourth-order valence-corrected chi connectivity index (χ4v) is 2.38. The molecule has 18 heavy (non-hydrogen) atoms. The Labute approximate surface area is 108 Å². The zero-order valence-electron chi connectivity index (χ0n) is 11.3. The SMILES string of the molecule is CC1CC(Oc2cc([C@@H](C)N)ccn2)CC(C)O1. The van der Waals surface area contributed by atoms with E-state index in [2.05, 4.69) is 18.8 Å². The molecule has 1 saturated heterocycles. The third kappa shape index (κ3) is 3.43. The summed E-state index contributed by atoms with van der Waals surface area (Å²) in [5, 5.41) is 0. The Morgan fingerprint density at radius 3 is 2.67 bits per heavy atom. The Bertz CT molecular complexity index is 385. The molecule has 1 aromatic rings. The molecular formula is C14H22N2O2. The molecule has 0 aromatic carbocycles. The molecule has 0 amide bonds. The highest BCUT2D eigenvalue weighted by atomic mass is 16.5. The van der Waals surface area contributed by atoms with E-state index in [4.69, 9.17) is 15.2 Å². The fraction of sp³-hybridized carbons (Fsp3) is 0.643. The van der Waals surface area contributed by atoms with Crippen molar-refractivity contribution in [3.63, 3.8) is 0 Å². The summed E-state index contributed by atoms with van der Waals surface area (Å²) in [6.07, 6.45) is 4.24. The molecule has 4 nitrogen and oxygen atoms in total. The van der Waals surface area contributed by atoms with Gasteiger partial charge in [-0.3, -0.25) is 0 Å². The first-order valence-corrected chi connectivity index (χ1v) is 6.58. The van der Waals surface area contributed by atoms with Gasteiger partial charge >= 0.3 is 0 Å². The predicted molar refractivity (Wildman–Crippen MR) is 70.5 cm³/mol. The third-order valence-corrected chi connectivity index (χ3v) is 3.23. The van der Waals surface area contributed by atoms with Crippen LogP contribution in [-0.2, 0) is 4.74 Å². The first-order chi connectivity index (χ1) is 8.54. The van der Waals surface area contributed by atoms with Gasteiger partial charge in [-0.2, -0.15) is 0 Å². The molecule has 0 spiro atoms. The molecular weight excluding hydrogens is 228 g/mol.